The van der Waals surface area contributed by atoms with E-state index in [0.29, 0.717) is 0 Å². The molecule has 1 atom stereocenters. The van der Waals surface area contributed by atoms with Crippen LogP contribution in [0, 0.1) is 0 Å². The summed E-state index contributed by atoms with van der Waals surface area (Å²) in [5.41, 5.74) is 1.34. The third kappa shape index (κ3) is 2.38. The summed E-state index contributed by atoms with van der Waals surface area (Å²) in [6, 6.07) is 0. The minimum Gasteiger partial charge on any atom is -0.369 e. The fraction of sp³-hybridized carbons (Fsp3) is 0.769. The second-order valence-corrected chi connectivity index (χ2v) is 4.96. The van der Waals surface area contributed by atoms with Gasteiger partial charge in [-0.1, -0.05) is 13.8 Å². The Kier molecular flexibility index (Phi) is 3.84. The lowest BCUT2D eigenvalue weighted by Gasteiger charge is -2.33. The number of ether oxygens (including phenoxy) is 1. The predicted molar refractivity (Wildman–Crippen MR) is 68.0 cm³/mol. The van der Waals surface area contributed by atoms with Crippen LogP contribution in [0.2, 0.25) is 0 Å². The van der Waals surface area contributed by atoms with E-state index in [9.17, 15) is 0 Å². The maximum Gasteiger partial charge on any atom is 0.111 e. The van der Waals surface area contributed by atoms with Crippen LogP contribution in [-0.4, -0.2) is 29.2 Å². The minimum atomic E-state index is 0.142. The summed E-state index contributed by atoms with van der Waals surface area (Å²) in [4.78, 5) is 4.31. The number of rotatable bonds is 4. The normalized spacial score (nSPS) is 21.7. The van der Waals surface area contributed by atoms with Crippen molar-refractivity contribution in [3.05, 3.63) is 18.2 Å². The number of nitrogens with zero attached hydrogens (tertiary/aromatic N) is 2. The van der Waals surface area contributed by atoms with Crippen molar-refractivity contribution in [2.24, 2.45) is 0 Å². The van der Waals surface area contributed by atoms with E-state index in [0.717, 1.165) is 32.5 Å². The number of aromatic nitrogens is 2. The highest BCUT2D eigenvalue weighted by Gasteiger charge is 2.28. The van der Waals surface area contributed by atoms with Crippen LogP contribution < -0.4 is 5.32 Å². The molecule has 0 aromatic carbocycles. The average Bonchev–Trinajstić information content (AvgIpc) is 2.88. The Morgan fingerprint density at radius 1 is 1.53 bits per heavy atom. The molecule has 0 bridgehead atoms. The van der Waals surface area contributed by atoms with Crippen molar-refractivity contribution >= 4 is 0 Å². The molecule has 0 saturated carbocycles. The number of nitrogens with one attached hydrogen (secondary N) is 1. The van der Waals surface area contributed by atoms with Gasteiger partial charge in [0.25, 0.3) is 0 Å². The highest BCUT2D eigenvalue weighted by atomic mass is 16.5. The van der Waals surface area contributed by atoms with Crippen molar-refractivity contribution in [1.29, 1.82) is 0 Å². The quantitative estimate of drug-likeness (QED) is 0.871. The Balaban J connectivity index is 2.26. The molecule has 0 spiro atoms. The SMILES string of the molecule is CCC(C)(CC)n1cncc1C1CNCCO1. The molecule has 17 heavy (non-hydrogen) atoms. The third-order valence-corrected chi connectivity index (χ3v) is 4.03. The van der Waals surface area contributed by atoms with Crippen LogP contribution in [0.4, 0.5) is 0 Å². The molecular weight excluding hydrogens is 214 g/mol. The van der Waals surface area contributed by atoms with Crippen molar-refractivity contribution in [1.82, 2.24) is 14.9 Å². The first-order valence-corrected chi connectivity index (χ1v) is 6.56. The van der Waals surface area contributed by atoms with Gasteiger partial charge in [-0.2, -0.15) is 0 Å². The van der Waals surface area contributed by atoms with Crippen LogP contribution in [0.15, 0.2) is 12.5 Å². The van der Waals surface area contributed by atoms with Crippen LogP contribution in [0.1, 0.15) is 45.4 Å². The fourth-order valence-electron chi connectivity index (χ4n) is 2.34. The third-order valence-electron chi connectivity index (χ3n) is 4.03. The standard InChI is InChI=1S/C13H23N3O/c1-4-13(3,5-2)16-10-15-8-11(16)12-9-14-6-7-17-12/h8,10,12,14H,4-7,9H2,1-3H3. The van der Waals surface area contributed by atoms with Gasteiger partial charge >= 0.3 is 0 Å². The molecule has 0 radical (unpaired) electrons. The molecule has 0 aliphatic carbocycles. The van der Waals surface area contributed by atoms with Crippen LogP contribution in [0.5, 0.6) is 0 Å². The fourth-order valence-corrected chi connectivity index (χ4v) is 2.34. The lowest BCUT2D eigenvalue weighted by molar-refractivity contribution is 0.0195. The van der Waals surface area contributed by atoms with E-state index in [-0.39, 0.29) is 11.6 Å². The van der Waals surface area contributed by atoms with E-state index < -0.39 is 0 Å². The molecular formula is C13H23N3O. The number of hydrogen-bond donors (Lipinski definition) is 1. The Bertz CT molecular complexity index is 351. The van der Waals surface area contributed by atoms with Crippen LogP contribution in [0.3, 0.4) is 0 Å². The largest absolute Gasteiger partial charge is 0.369 e. The number of morpholine rings is 1. The van der Waals surface area contributed by atoms with Gasteiger partial charge in [0, 0.05) is 18.6 Å². The molecule has 1 unspecified atom stereocenters. The molecule has 4 nitrogen and oxygen atoms in total. The van der Waals surface area contributed by atoms with E-state index in [1.54, 1.807) is 0 Å². The monoisotopic (exact) mass is 237 g/mol. The zero-order chi connectivity index (χ0) is 12.3. The summed E-state index contributed by atoms with van der Waals surface area (Å²) >= 11 is 0. The van der Waals surface area contributed by atoms with Gasteiger partial charge in [0.05, 0.1) is 24.8 Å². The Labute approximate surface area is 103 Å². The zero-order valence-corrected chi connectivity index (χ0v) is 11.1. The van der Waals surface area contributed by atoms with Gasteiger partial charge in [-0.15, -0.1) is 0 Å². The smallest absolute Gasteiger partial charge is 0.111 e. The molecule has 1 aromatic heterocycles. The second-order valence-electron chi connectivity index (χ2n) is 4.96. The van der Waals surface area contributed by atoms with E-state index in [2.05, 4.69) is 35.6 Å². The highest BCUT2D eigenvalue weighted by molar-refractivity contribution is 5.08. The topological polar surface area (TPSA) is 39.1 Å². The van der Waals surface area contributed by atoms with Crippen LogP contribution >= 0.6 is 0 Å². The van der Waals surface area contributed by atoms with Gasteiger partial charge in [-0.3, -0.25) is 0 Å². The number of imidazole rings is 1. The summed E-state index contributed by atoms with van der Waals surface area (Å²) < 4.78 is 8.12. The molecule has 2 heterocycles. The first-order valence-electron chi connectivity index (χ1n) is 6.56. The zero-order valence-electron chi connectivity index (χ0n) is 11.1. The molecule has 0 amide bonds. The van der Waals surface area contributed by atoms with E-state index in [1.807, 2.05) is 12.5 Å². The van der Waals surface area contributed by atoms with Crippen molar-refractivity contribution in [2.45, 2.75) is 45.3 Å². The first-order chi connectivity index (χ1) is 8.21. The lowest BCUT2D eigenvalue weighted by atomic mass is 9.94. The maximum absolute atomic E-state index is 5.82. The van der Waals surface area contributed by atoms with Crippen molar-refractivity contribution < 1.29 is 4.74 Å². The molecule has 4 heteroatoms. The molecule has 1 fully saturated rings. The van der Waals surface area contributed by atoms with Crippen molar-refractivity contribution in [3.8, 4) is 0 Å². The lowest BCUT2D eigenvalue weighted by Crippen LogP contribution is -2.37. The first kappa shape index (κ1) is 12.6. The van der Waals surface area contributed by atoms with Gasteiger partial charge in [-0.25, -0.2) is 4.98 Å². The van der Waals surface area contributed by atoms with Gasteiger partial charge in [0.2, 0.25) is 0 Å². The van der Waals surface area contributed by atoms with Gasteiger partial charge < -0.3 is 14.6 Å². The summed E-state index contributed by atoms with van der Waals surface area (Å²) in [5, 5.41) is 3.37. The van der Waals surface area contributed by atoms with Crippen molar-refractivity contribution in [3.63, 3.8) is 0 Å². The Morgan fingerprint density at radius 3 is 2.88 bits per heavy atom. The Hall–Kier alpha value is -0.870. The van der Waals surface area contributed by atoms with Gasteiger partial charge in [0.15, 0.2) is 0 Å². The van der Waals surface area contributed by atoms with Crippen LogP contribution in [0.25, 0.3) is 0 Å². The average molecular weight is 237 g/mol. The summed E-state index contributed by atoms with van der Waals surface area (Å²) in [5.74, 6) is 0. The molecule has 1 N–H and O–H groups in total. The molecule has 2 rings (SSSR count). The molecule has 1 aliphatic heterocycles. The minimum absolute atomic E-state index is 0.142. The van der Waals surface area contributed by atoms with E-state index in [1.165, 1.54) is 5.69 Å². The summed E-state index contributed by atoms with van der Waals surface area (Å²) in [6.07, 6.45) is 6.24. The number of hydrogen-bond acceptors (Lipinski definition) is 3. The summed E-state index contributed by atoms with van der Waals surface area (Å²) in [7, 11) is 0. The molecule has 1 aliphatic rings. The maximum atomic E-state index is 5.82. The second kappa shape index (κ2) is 5.19. The van der Waals surface area contributed by atoms with Gasteiger partial charge in [-0.05, 0) is 19.8 Å². The van der Waals surface area contributed by atoms with E-state index >= 15 is 0 Å². The molecule has 1 saturated heterocycles. The highest BCUT2D eigenvalue weighted by Crippen LogP contribution is 2.29. The Morgan fingerprint density at radius 2 is 2.29 bits per heavy atom. The summed E-state index contributed by atoms with van der Waals surface area (Å²) in [6.45, 7) is 9.36. The molecule has 96 valence electrons. The van der Waals surface area contributed by atoms with Crippen molar-refractivity contribution in [2.75, 3.05) is 19.7 Å². The van der Waals surface area contributed by atoms with Crippen LogP contribution in [-0.2, 0) is 10.3 Å². The predicted octanol–water partition coefficient (Wildman–Crippen LogP) is 2.08. The van der Waals surface area contributed by atoms with Gasteiger partial charge in [0.1, 0.15) is 6.10 Å². The van der Waals surface area contributed by atoms with E-state index in [4.69, 9.17) is 4.74 Å². The molecule has 1 aromatic rings.